The Morgan fingerprint density at radius 1 is 1.00 bits per heavy atom. The van der Waals surface area contributed by atoms with E-state index in [2.05, 4.69) is 26.0 Å². The monoisotopic (exact) mass is 516 g/mol. The van der Waals surface area contributed by atoms with Crippen molar-refractivity contribution in [3.63, 3.8) is 0 Å². The molecule has 0 unspecified atom stereocenters. The van der Waals surface area contributed by atoms with Crippen molar-refractivity contribution in [2.75, 3.05) is 10.0 Å². The number of carbonyl (C=O) groups is 2. The number of amides is 1. The lowest BCUT2D eigenvalue weighted by atomic mass is 10.1. The highest BCUT2D eigenvalue weighted by Gasteiger charge is 2.17. The van der Waals surface area contributed by atoms with E-state index in [-0.39, 0.29) is 21.7 Å². The summed E-state index contributed by atoms with van der Waals surface area (Å²) < 4.78 is 28.5. The molecule has 3 aromatic carbocycles. The molecule has 0 aliphatic heterocycles. The standard InChI is InChI=1S/C23H21BrN2O5S/c1-2-4-15-5-3-6-18(13-15)26-32(30,31)19-10-7-16(8-11-19)22(27)25-21-12-9-17(24)14-20(21)23(28)29/h3,5-14,26H,2,4H2,1H3,(H,25,27)(H,28,29). The van der Waals surface area contributed by atoms with Crippen LogP contribution in [0.2, 0.25) is 0 Å². The number of aromatic carboxylic acids is 1. The van der Waals surface area contributed by atoms with Gasteiger partial charge in [-0.05, 0) is 66.6 Å². The second-order valence-electron chi connectivity index (χ2n) is 7.03. The Kier molecular flexibility index (Phi) is 7.32. The molecule has 0 saturated carbocycles. The second kappa shape index (κ2) is 9.97. The molecular weight excluding hydrogens is 496 g/mol. The molecule has 0 radical (unpaired) electrons. The van der Waals surface area contributed by atoms with Gasteiger partial charge in [-0.2, -0.15) is 0 Å². The first-order chi connectivity index (χ1) is 15.2. The fraction of sp³-hybridized carbons (Fsp3) is 0.130. The number of carbonyl (C=O) groups excluding carboxylic acids is 1. The molecular formula is C23H21BrN2O5S. The zero-order chi connectivity index (χ0) is 23.3. The summed E-state index contributed by atoms with van der Waals surface area (Å²) in [4.78, 5) is 24.0. The predicted octanol–water partition coefficient (Wildman–Crippen LogP) is 5.15. The zero-order valence-corrected chi connectivity index (χ0v) is 19.5. The number of carboxylic acid groups (broad SMARTS) is 1. The number of sulfonamides is 1. The summed E-state index contributed by atoms with van der Waals surface area (Å²) in [5.41, 5.74) is 1.76. The van der Waals surface area contributed by atoms with Crippen molar-refractivity contribution >= 4 is 49.2 Å². The van der Waals surface area contributed by atoms with Crippen LogP contribution in [-0.2, 0) is 16.4 Å². The Hall–Kier alpha value is -3.17. The molecule has 166 valence electrons. The molecule has 0 spiro atoms. The molecule has 0 bridgehead atoms. The van der Waals surface area contributed by atoms with Crippen molar-refractivity contribution in [1.82, 2.24) is 0 Å². The molecule has 0 atom stereocenters. The van der Waals surface area contributed by atoms with Crippen LogP contribution in [0.15, 0.2) is 76.1 Å². The van der Waals surface area contributed by atoms with Crippen molar-refractivity contribution in [3.8, 4) is 0 Å². The number of carboxylic acids is 1. The molecule has 7 nitrogen and oxygen atoms in total. The average Bonchev–Trinajstić information content (AvgIpc) is 2.75. The van der Waals surface area contributed by atoms with E-state index >= 15 is 0 Å². The van der Waals surface area contributed by atoms with Crippen molar-refractivity contribution in [2.24, 2.45) is 0 Å². The Morgan fingerprint density at radius 2 is 1.72 bits per heavy atom. The molecule has 0 saturated heterocycles. The van der Waals surface area contributed by atoms with Gasteiger partial charge in [0.05, 0.1) is 16.1 Å². The largest absolute Gasteiger partial charge is 0.478 e. The quantitative estimate of drug-likeness (QED) is 0.383. The molecule has 32 heavy (non-hydrogen) atoms. The van der Waals surface area contributed by atoms with Crippen molar-refractivity contribution in [1.29, 1.82) is 0 Å². The lowest BCUT2D eigenvalue weighted by molar-refractivity contribution is 0.0698. The molecule has 0 aliphatic rings. The number of hydrogen-bond acceptors (Lipinski definition) is 4. The number of hydrogen-bond donors (Lipinski definition) is 3. The van der Waals surface area contributed by atoms with Gasteiger partial charge in [0.2, 0.25) is 0 Å². The van der Waals surface area contributed by atoms with Crippen LogP contribution < -0.4 is 10.0 Å². The summed E-state index contributed by atoms with van der Waals surface area (Å²) in [6.45, 7) is 2.05. The van der Waals surface area contributed by atoms with Gasteiger partial charge in [0, 0.05) is 15.7 Å². The van der Waals surface area contributed by atoms with Crippen LogP contribution in [0.3, 0.4) is 0 Å². The van der Waals surface area contributed by atoms with Crippen LogP contribution >= 0.6 is 15.9 Å². The highest BCUT2D eigenvalue weighted by Crippen LogP contribution is 2.23. The SMILES string of the molecule is CCCc1cccc(NS(=O)(=O)c2ccc(C(=O)Nc3ccc(Br)cc3C(=O)O)cc2)c1. The highest BCUT2D eigenvalue weighted by atomic mass is 79.9. The van der Waals surface area contributed by atoms with E-state index in [1.165, 1.54) is 36.4 Å². The first-order valence-corrected chi connectivity index (χ1v) is 12.0. The number of halogens is 1. The molecule has 1 amide bonds. The number of benzene rings is 3. The predicted molar refractivity (Wildman–Crippen MR) is 127 cm³/mol. The molecule has 0 fully saturated rings. The minimum absolute atomic E-state index is 0.00445. The summed E-state index contributed by atoms with van der Waals surface area (Å²) in [5, 5.41) is 11.9. The Balaban J connectivity index is 1.76. The molecule has 3 aromatic rings. The number of aryl methyl sites for hydroxylation is 1. The summed E-state index contributed by atoms with van der Waals surface area (Å²) in [6.07, 6.45) is 1.80. The third-order valence-electron chi connectivity index (χ3n) is 4.60. The molecule has 3 rings (SSSR count). The van der Waals surface area contributed by atoms with Crippen LogP contribution in [0.5, 0.6) is 0 Å². The summed E-state index contributed by atoms with van der Waals surface area (Å²) in [5.74, 6) is -1.74. The van der Waals surface area contributed by atoms with Gasteiger partial charge in [0.15, 0.2) is 0 Å². The van der Waals surface area contributed by atoms with Gasteiger partial charge in [-0.3, -0.25) is 9.52 Å². The van der Waals surface area contributed by atoms with Crippen LogP contribution in [0.4, 0.5) is 11.4 Å². The number of anilines is 2. The molecule has 0 heterocycles. The van der Waals surface area contributed by atoms with E-state index in [9.17, 15) is 23.1 Å². The maximum Gasteiger partial charge on any atom is 0.337 e. The molecule has 3 N–H and O–H groups in total. The Labute approximate surface area is 194 Å². The fourth-order valence-electron chi connectivity index (χ4n) is 3.08. The van der Waals surface area contributed by atoms with Gasteiger partial charge in [-0.25, -0.2) is 13.2 Å². The van der Waals surface area contributed by atoms with Gasteiger partial charge in [0.25, 0.3) is 15.9 Å². The minimum Gasteiger partial charge on any atom is -0.478 e. The van der Waals surface area contributed by atoms with Gasteiger partial charge in [-0.1, -0.05) is 41.4 Å². The maximum atomic E-state index is 12.7. The molecule has 0 aromatic heterocycles. The van der Waals surface area contributed by atoms with Crippen LogP contribution in [0.25, 0.3) is 0 Å². The summed E-state index contributed by atoms with van der Waals surface area (Å²) in [7, 11) is -3.83. The number of nitrogens with one attached hydrogen (secondary N) is 2. The number of rotatable bonds is 8. The highest BCUT2D eigenvalue weighted by molar-refractivity contribution is 9.10. The molecule has 0 aliphatic carbocycles. The summed E-state index contributed by atoms with van der Waals surface area (Å²) in [6, 6.07) is 17.1. The minimum atomic E-state index is -3.83. The third kappa shape index (κ3) is 5.74. The second-order valence-corrected chi connectivity index (χ2v) is 9.63. The smallest absolute Gasteiger partial charge is 0.337 e. The maximum absolute atomic E-state index is 12.7. The van der Waals surface area contributed by atoms with Crippen LogP contribution in [0, 0.1) is 0 Å². The van der Waals surface area contributed by atoms with Crippen molar-refractivity contribution < 1.29 is 23.1 Å². The lowest BCUT2D eigenvalue weighted by Crippen LogP contribution is -2.16. The van der Waals surface area contributed by atoms with E-state index in [0.717, 1.165) is 18.4 Å². The first kappa shape index (κ1) is 23.5. The van der Waals surface area contributed by atoms with Crippen LogP contribution in [-0.4, -0.2) is 25.4 Å². The van der Waals surface area contributed by atoms with Gasteiger partial charge in [-0.15, -0.1) is 0 Å². The Morgan fingerprint density at radius 3 is 2.38 bits per heavy atom. The fourth-order valence-corrected chi connectivity index (χ4v) is 4.49. The lowest BCUT2D eigenvalue weighted by Gasteiger charge is -2.11. The van der Waals surface area contributed by atoms with E-state index in [1.807, 2.05) is 13.0 Å². The molecule has 9 heteroatoms. The summed E-state index contributed by atoms with van der Waals surface area (Å²) >= 11 is 3.20. The topological polar surface area (TPSA) is 113 Å². The Bertz CT molecular complexity index is 1260. The third-order valence-corrected chi connectivity index (χ3v) is 6.50. The van der Waals surface area contributed by atoms with Gasteiger partial charge < -0.3 is 10.4 Å². The van der Waals surface area contributed by atoms with E-state index in [0.29, 0.717) is 10.2 Å². The van der Waals surface area contributed by atoms with Gasteiger partial charge >= 0.3 is 5.97 Å². The van der Waals surface area contributed by atoms with Crippen molar-refractivity contribution in [3.05, 3.63) is 87.9 Å². The van der Waals surface area contributed by atoms with Gasteiger partial charge in [0.1, 0.15) is 0 Å². The average molecular weight is 517 g/mol. The van der Waals surface area contributed by atoms with E-state index in [1.54, 1.807) is 24.3 Å². The van der Waals surface area contributed by atoms with Crippen LogP contribution in [0.1, 0.15) is 39.6 Å². The van der Waals surface area contributed by atoms with Crippen molar-refractivity contribution in [2.45, 2.75) is 24.7 Å². The van der Waals surface area contributed by atoms with E-state index in [4.69, 9.17) is 0 Å². The zero-order valence-electron chi connectivity index (χ0n) is 17.1. The first-order valence-electron chi connectivity index (χ1n) is 9.75. The normalized spacial score (nSPS) is 11.1. The van der Waals surface area contributed by atoms with E-state index < -0.39 is 21.9 Å².